The molecule has 0 bridgehead atoms. The molecular formula is C15H18N6O. The summed E-state index contributed by atoms with van der Waals surface area (Å²) in [6.07, 6.45) is 10.5. The van der Waals surface area contributed by atoms with Crippen LogP contribution in [0.15, 0.2) is 37.1 Å². The molecule has 0 radical (unpaired) electrons. The minimum absolute atomic E-state index is 0.129. The monoisotopic (exact) mass is 298 g/mol. The Kier molecular flexibility index (Phi) is 3.86. The van der Waals surface area contributed by atoms with E-state index in [9.17, 15) is 4.79 Å². The van der Waals surface area contributed by atoms with E-state index in [-0.39, 0.29) is 11.9 Å². The number of amides is 1. The van der Waals surface area contributed by atoms with Crippen LogP contribution in [0.25, 0.3) is 5.78 Å². The van der Waals surface area contributed by atoms with Crippen molar-refractivity contribution in [2.24, 2.45) is 7.05 Å². The molecule has 0 spiro atoms. The molecule has 1 amide bonds. The fourth-order valence-electron chi connectivity index (χ4n) is 2.44. The molecule has 3 aromatic rings. The van der Waals surface area contributed by atoms with Crippen LogP contribution >= 0.6 is 0 Å². The second-order valence-corrected chi connectivity index (χ2v) is 5.16. The average molecular weight is 298 g/mol. The van der Waals surface area contributed by atoms with E-state index in [1.54, 1.807) is 29.1 Å². The van der Waals surface area contributed by atoms with Gasteiger partial charge in [-0.3, -0.25) is 9.20 Å². The third-order valence-electron chi connectivity index (χ3n) is 3.52. The van der Waals surface area contributed by atoms with E-state index in [4.69, 9.17) is 0 Å². The van der Waals surface area contributed by atoms with Crippen molar-refractivity contribution in [3.8, 4) is 0 Å². The van der Waals surface area contributed by atoms with Gasteiger partial charge in [0.25, 0.3) is 5.91 Å². The number of carbonyl (C=O) groups excluding carboxylic acids is 1. The summed E-state index contributed by atoms with van der Waals surface area (Å²) in [7, 11) is 1.92. The summed E-state index contributed by atoms with van der Waals surface area (Å²) in [5.74, 6) is 1.14. The quantitative estimate of drug-likeness (QED) is 0.778. The van der Waals surface area contributed by atoms with E-state index < -0.39 is 0 Å². The Morgan fingerprint density at radius 2 is 2.18 bits per heavy atom. The van der Waals surface area contributed by atoms with Gasteiger partial charge >= 0.3 is 0 Å². The first kappa shape index (κ1) is 14.2. The molecule has 3 heterocycles. The van der Waals surface area contributed by atoms with Crippen LogP contribution in [0.5, 0.6) is 0 Å². The lowest BCUT2D eigenvalue weighted by molar-refractivity contribution is 0.0927. The third kappa shape index (κ3) is 2.69. The lowest BCUT2D eigenvalue weighted by atomic mass is 10.1. The van der Waals surface area contributed by atoms with Crippen molar-refractivity contribution in [1.29, 1.82) is 0 Å². The van der Waals surface area contributed by atoms with Gasteiger partial charge in [-0.15, -0.1) is 0 Å². The molecule has 0 unspecified atom stereocenters. The second-order valence-electron chi connectivity index (χ2n) is 5.16. The lowest BCUT2D eigenvalue weighted by Crippen LogP contribution is -2.30. The van der Waals surface area contributed by atoms with Gasteiger partial charge in [-0.2, -0.15) is 0 Å². The molecular weight excluding hydrogens is 280 g/mol. The smallest absolute Gasteiger partial charge is 0.272 e. The Hall–Kier alpha value is -2.70. The Bertz CT molecular complexity index is 757. The lowest BCUT2D eigenvalue weighted by Gasteiger charge is -2.17. The molecule has 3 aromatic heterocycles. The molecule has 3 rings (SSSR count). The average Bonchev–Trinajstić information content (AvgIpc) is 3.12. The molecule has 7 heteroatoms. The maximum atomic E-state index is 12.5. The van der Waals surface area contributed by atoms with Crippen LogP contribution in [0, 0.1) is 0 Å². The van der Waals surface area contributed by atoms with E-state index in [1.165, 1.54) is 0 Å². The molecule has 0 saturated heterocycles. The van der Waals surface area contributed by atoms with Gasteiger partial charge in [0, 0.05) is 38.0 Å². The summed E-state index contributed by atoms with van der Waals surface area (Å²) >= 11 is 0. The highest BCUT2D eigenvalue weighted by Gasteiger charge is 2.20. The maximum absolute atomic E-state index is 12.5. The first-order valence-electron chi connectivity index (χ1n) is 7.27. The number of hydrogen-bond donors (Lipinski definition) is 1. The third-order valence-corrected chi connectivity index (χ3v) is 3.52. The molecule has 7 nitrogen and oxygen atoms in total. The first-order chi connectivity index (χ1) is 10.7. The van der Waals surface area contributed by atoms with Crippen LogP contribution in [-0.2, 0) is 7.05 Å². The minimum Gasteiger partial charge on any atom is -0.341 e. The number of carbonyl (C=O) groups is 1. The summed E-state index contributed by atoms with van der Waals surface area (Å²) in [6.45, 7) is 2.08. The topological polar surface area (TPSA) is 77.1 Å². The maximum Gasteiger partial charge on any atom is 0.272 e. The van der Waals surface area contributed by atoms with Crippen molar-refractivity contribution in [2.45, 2.75) is 25.8 Å². The van der Waals surface area contributed by atoms with Gasteiger partial charge in [-0.25, -0.2) is 15.0 Å². The van der Waals surface area contributed by atoms with Crippen LogP contribution in [0.4, 0.5) is 0 Å². The Labute approximate surface area is 128 Å². The van der Waals surface area contributed by atoms with Crippen molar-refractivity contribution in [2.75, 3.05) is 0 Å². The molecule has 1 atom stereocenters. The fraction of sp³-hybridized carbons (Fsp3) is 0.333. The molecule has 1 N–H and O–H groups in total. The van der Waals surface area contributed by atoms with Crippen molar-refractivity contribution in [3.05, 3.63) is 48.6 Å². The largest absolute Gasteiger partial charge is 0.341 e. The van der Waals surface area contributed by atoms with Crippen molar-refractivity contribution >= 4 is 11.7 Å². The number of hydrogen-bond acceptors (Lipinski definition) is 4. The fourth-order valence-corrected chi connectivity index (χ4v) is 2.44. The Morgan fingerprint density at radius 1 is 1.32 bits per heavy atom. The molecule has 114 valence electrons. The van der Waals surface area contributed by atoms with Crippen LogP contribution in [-0.4, -0.2) is 29.8 Å². The zero-order valence-corrected chi connectivity index (χ0v) is 12.6. The van der Waals surface area contributed by atoms with Gasteiger partial charge in [0.1, 0.15) is 11.5 Å². The number of aryl methyl sites for hydroxylation is 1. The molecule has 0 aliphatic rings. The highest BCUT2D eigenvalue weighted by atomic mass is 16.2. The molecule has 0 aliphatic carbocycles. The van der Waals surface area contributed by atoms with E-state index in [0.29, 0.717) is 11.5 Å². The van der Waals surface area contributed by atoms with Gasteiger partial charge < -0.3 is 9.88 Å². The van der Waals surface area contributed by atoms with Crippen molar-refractivity contribution in [3.63, 3.8) is 0 Å². The van der Waals surface area contributed by atoms with Crippen LogP contribution in [0.3, 0.4) is 0 Å². The minimum atomic E-state index is -0.216. The molecule has 0 saturated carbocycles. The number of fused-ring (bicyclic) bond motifs is 1. The Balaban J connectivity index is 1.83. The van der Waals surface area contributed by atoms with E-state index >= 15 is 0 Å². The summed E-state index contributed by atoms with van der Waals surface area (Å²) in [6, 6.07) is 1.67. The van der Waals surface area contributed by atoms with Gasteiger partial charge in [0.2, 0.25) is 5.78 Å². The standard InChI is InChI=1S/C15H18N6O/c1-3-5-11(13-16-7-9-20(13)2)18-14(22)12-10-21-8-4-6-17-15(21)19-12/h4,6-11H,3,5H2,1-2H3,(H,18,22)/t11-/m1/s1. The molecule has 0 fully saturated rings. The summed E-state index contributed by atoms with van der Waals surface area (Å²) in [5, 5.41) is 3.01. The number of imidazole rings is 2. The molecule has 0 aromatic carbocycles. The van der Waals surface area contributed by atoms with Crippen molar-refractivity contribution < 1.29 is 4.79 Å². The summed E-state index contributed by atoms with van der Waals surface area (Å²) in [5.41, 5.74) is 0.356. The molecule has 22 heavy (non-hydrogen) atoms. The zero-order valence-electron chi connectivity index (χ0n) is 12.6. The van der Waals surface area contributed by atoms with Crippen molar-refractivity contribution in [1.82, 2.24) is 29.2 Å². The zero-order chi connectivity index (χ0) is 15.5. The van der Waals surface area contributed by atoms with Gasteiger partial charge in [0.15, 0.2) is 0 Å². The van der Waals surface area contributed by atoms with Crippen LogP contribution in [0.2, 0.25) is 0 Å². The van der Waals surface area contributed by atoms with Gasteiger partial charge in [-0.1, -0.05) is 13.3 Å². The number of aromatic nitrogens is 5. The predicted octanol–water partition coefficient (Wildman–Crippen LogP) is 1.73. The summed E-state index contributed by atoms with van der Waals surface area (Å²) < 4.78 is 3.65. The first-order valence-corrected chi connectivity index (χ1v) is 7.27. The Morgan fingerprint density at radius 3 is 2.86 bits per heavy atom. The van der Waals surface area contributed by atoms with E-state index in [2.05, 4.69) is 27.2 Å². The number of rotatable bonds is 5. The van der Waals surface area contributed by atoms with Crippen LogP contribution < -0.4 is 5.32 Å². The normalized spacial score (nSPS) is 12.5. The van der Waals surface area contributed by atoms with Crippen LogP contribution in [0.1, 0.15) is 42.1 Å². The molecule has 0 aliphatic heterocycles. The number of nitrogens with zero attached hydrogens (tertiary/aromatic N) is 5. The van der Waals surface area contributed by atoms with Gasteiger partial charge in [-0.05, 0) is 12.5 Å². The SMILES string of the molecule is CCC[C@@H](NC(=O)c1cn2cccnc2n1)c1nccn1C. The van der Waals surface area contributed by atoms with E-state index in [0.717, 1.165) is 18.7 Å². The highest BCUT2D eigenvalue weighted by Crippen LogP contribution is 2.17. The predicted molar refractivity (Wildman–Crippen MR) is 81.3 cm³/mol. The second kappa shape index (κ2) is 5.97. The van der Waals surface area contributed by atoms with E-state index in [1.807, 2.05) is 24.0 Å². The highest BCUT2D eigenvalue weighted by molar-refractivity contribution is 5.92. The summed E-state index contributed by atoms with van der Waals surface area (Å²) in [4.78, 5) is 25.2. The number of nitrogens with one attached hydrogen (secondary N) is 1. The van der Waals surface area contributed by atoms with Gasteiger partial charge in [0.05, 0.1) is 6.04 Å².